The van der Waals surface area contributed by atoms with Gasteiger partial charge < -0.3 is 19.9 Å². The fraction of sp³-hybridized carbons (Fsp3) is 0.529. The van der Waals surface area contributed by atoms with E-state index in [4.69, 9.17) is 9.72 Å². The number of aromatic nitrogens is 1. The average molecular weight is 348 g/mol. The van der Waals surface area contributed by atoms with Gasteiger partial charge in [-0.15, -0.1) is 0 Å². The molecule has 1 aliphatic heterocycles. The summed E-state index contributed by atoms with van der Waals surface area (Å²) in [7, 11) is 1.67. The lowest BCUT2D eigenvalue weighted by molar-refractivity contribution is 0.185. The highest BCUT2D eigenvalue weighted by molar-refractivity contribution is 7.22. The van der Waals surface area contributed by atoms with Gasteiger partial charge in [-0.05, 0) is 39.0 Å². The number of carbonyl (C=O) groups is 1. The fourth-order valence-corrected chi connectivity index (χ4v) is 3.70. The number of benzene rings is 1. The normalized spacial score (nSPS) is 15.7. The molecule has 1 aliphatic rings. The van der Waals surface area contributed by atoms with Crippen molar-refractivity contribution in [2.75, 3.05) is 38.2 Å². The third kappa shape index (κ3) is 3.72. The Kier molecular flexibility index (Phi) is 4.54. The van der Waals surface area contributed by atoms with Gasteiger partial charge in [0.15, 0.2) is 5.13 Å². The van der Waals surface area contributed by atoms with Gasteiger partial charge in [-0.25, -0.2) is 9.78 Å². The Bertz CT molecular complexity index is 730. The molecule has 24 heavy (non-hydrogen) atoms. The molecule has 2 heterocycles. The number of carbonyl (C=O) groups excluding carboxylic acids is 1. The molecule has 7 heteroatoms. The van der Waals surface area contributed by atoms with E-state index >= 15 is 0 Å². The second-order valence-electron chi connectivity index (χ2n) is 6.98. The lowest BCUT2D eigenvalue weighted by atomic mass is 10.1. The molecule has 0 bridgehead atoms. The molecule has 130 valence electrons. The lowest BCUT2D eigenvalue weighted by Crippen LogP contribution is -2.55. The Morgan fingerprint density at radius 1 is 1.25 bits per heavy atom. The molecule has 1 N–H and O–H groups in total. The second-order valence-corrected chi connectivity index (χ2v) is 7.99. The van der Waals surface area contributed by atoms with Crippen LogP contribution in [0.25, 0.3) is 10.2 Å². The first-order chi connectivity index (χ1) is 11.4. The number of nitrogens with one attached hydrogen (secondary N) is 1. The fourth-order valence-electron chi connectivity index (χ4n) is 2.66. The van der Waals surface area contributed by atoms with Gasteiger partial charge >= 0.3 is 6.03 Å². The molecular weight excluding hydrogens is 324 g/mol. The van der Waals surface area contributed by atoms with Gasteiger partial charge in [-0.3, -0.25) is 0 Å². The predicted octanol–water partition coefficient (Wildman–Crippen LogP) is 2.94. The van der Waals surface area contributed by atoms with Crippen molar-refractivity contribution in [2.24, 2.45) is 0 Å². The van der Waals surface area contributed by atoms with Crippen molar-refractivity contribution in [3.05, 3.63) is 18.2 Å². The highest BCUT2D eigenvalue weighted by Crippen LogP contribution is 2.31. The monoisotopic (exact) mass is 348 g/mol. The van der Waals surface area contributed by atoms with E-state index in [0.29, 0.717) is 13.1 Å². The van der Waals surface area contributed by atoms with Crippen molar-refractivity contribution < 1.29 is 9.53 Å². The molecule has 0 atom stereocenters. The molecule has 0 spiro atoms. The van der Waals surface area contributed by atoms with E-state index in [-0.39, 0.29) is 11.6 Å². The molecule has 0 unspecified atom stereocenters. The number of nitrogens with zero attached hydrogens (tertiary/aromatic N) is 3. The van der Waals surface area contributed by atoms with Crippen LogP contribution < -0.4 is 15.0 Å². The minimum atomic E-state index is -0.208. The van der Waals surface area contributed by atoms with Crippen LogP contribution in [-0.2, 0) is 0 Å². The topological polar surface area (TPSA) is 57.7 Å². The number of hydrogen-bond donors (Lipinski definition) is 1. The number of rotatable bonds is 2. The Morgan fingerprint density at radius 3 is 2.58 bits per heavy atom. The van der Waals surface area contributed by atoms with Gasteiger partial charge in [0.2, 0.25) is 0 Å². The summed E-state index contributed by atoms with van der Waals surface area (Å²) in [6, 6.07) is 5.95. The number of anilines is 1. The number of fused-ring (bicyclic) bond motifs is 1. The average Bonchev–Trinajstić information content (AvgIpc) is 2.96. The van der Waals surface area contributed by atoms with E-state index in [2.05, 4.69) is 10.2 Å². The van der Waals surface area contributed by atoms with E-state index < -0.39 is 0 Å². The minimum absolute atomic E-state index is 0.0104. The van der Waals surface area contributed by atoms with Crippen molar-refractivity contribution in [1.29, 1.82) is 0 Å². The maximum Gasteiger partial charge on any atom is 0.317 e. The summed E-state index contributed by atoms with van der Waals surface area (Å²) in [5.74, 6) is 0.848. The highest BCUT2D eigenvalue weighted by Gasteiger charge is 2.25. The lowest BCUT2D eigenvalue weighted by Gasteiger charge is -2.36. The number of amides is 2. The molecule has 3 rings (SSSR count). The third-order valence-electron chi connectivity index (χ3n) is 3.90. The van der Waals surface area contributed by atoms with Crippen LogP contribution in [-0.4, -0.2) is 54.7 Å². The summed E-state index contributed by atoms with van der Waals surface area (Å²) >= 11 is 1.67. The van der Waals surface area contributed by atoms with E-state index in [1.807, 2.05) is 43.9 Å². The van der Waals surface area contributed by atoms with Crippen LogP contribution in [0.15, 0.2) is 18.2 Å². The van der Waals surface area contributed by atoms with Gasteiger partial charge in [-0.2, -0.15) is 0 Å². The van der Waals surface area contributed by atoms with Crippen LogP contribution in [0.1, 0.15) is 20.8 Å². The number of hydrogen-bond acceptors (Lipinski definition) is 5. The Hall–Kier alpha value is -2.02. The molecule has 0 radical (unpaired) electrons. The first kappa shape index (κ1) is 16.8. The summed E-state index contributed by atoms with van der Waals surface area (Å²) in [6.07, 6.45) is 0. The van der Waals surface area contributed by atoms with Crippen molar-refractivity contribution in [3.8, 4) is 5.75 Å². The first-order valence-corrected chi connectivity index (χ1v) is 8.94. The van der Waals surface area contributed by atoms with Gasteiger partial charge in [0.25, 0.3) is 0 Å². The molecular formula is C17H24N4O2S. The Morgan fingerprint density at radius 2 is 1.96 bits per heavy atom. The van der Waals surface area contributed by atoms with Gasteiger partial charge in [0.1, 0.15) is 5.75 Å². The van der Waals surface area contributed by atoms with Crippen molar-refractivity contribution >= 4 is 32.7 Å². The van der Waals surface area contributed by atoms with Gasteiger partial charge in [0.05, 0.1) is 17.3 Å². The van der Waals surface area contributed by atoms with Gasteiger partial charge in [-0.1, -0.05) is 11.3 Å². The Labute approximate surface area is 146 Å². The summed E-state index contributed by atoms with van der Waals surface area (Å²) in [4.78, 5) is 21.1. The zero-order chi connectivity index (χ0) is 17.3. The second kappa shape index (κ2) is 6.47. The van der Waals surface area contributed by atoms with Crippen LogP contribution >= 0.6 is 11.3 Å². The zero-order valence-electron chi connectivity index (χ0n) is 14.6. The van der Waals surface area contributed by atoms with Crippen LogP contribution in [0.4, 0.5) is 9.93 Å². The summed E-state index contributed by atoms with van der Waals surface area (Å²) in [5.41, 5.74) is 0.782. The molecule has 0 saturated carbocycles. The first-order valence-electron chi connectivity index (χ1n) is 8.12. The summed E-state index contributed by atoms with van der Waals surface area (Å²) in [6.45, 7) is 9.01. The smallest absolute Gasteiger partial charge is 0.317 e. The van der Waals surface area contributed by atoms with E-state index in [1.54, 1.807) is 18.4 Å². The van der Waals surface area contributed by atoms with Crippen LogP contribution in [0.2, 0.25) is 0 Å². The molecule has 1 saturated heterocycles. The minimum Gasteiger partial charge on any atom is -0.497 e. The number of urea groups is 1. The van der Waals surface area contributed by atoms with Crippen molar-refractivity contribution in [1.82, 2.24) is 15.2 Å². The van der Waals surface area contributed by atoms with Crippen LogP contribution in [0.3, 0.4) is 0 Å². The SMILES string of the molecule is COc1ccc2nc(N3CCN(C(=O)NC(C)(C)C)CC3)sc2c1. The van der Waals surface area contributed by atoms with Crippen LogP contribution in [0.5, 0.6) is 5.75 Å². The van der Waals surface area contributed by atoms with E-state index in [1.165, 1.54) is 0 Å². The number of methoxy groups -OCH3 is 1. The summed E-state index contributed by atoms with van der Waals surface area (Å²) in [5, 5.41) is 4.03. The maximum absolute atomic E-state index is 12.2. The molecule has 1 aromatic carbocycles. The molecule has 1 aromatic heterocycles. The maximum atomic E-state index is 12.2. The van der Waals surface area contributed by atoms with Crippen LogP contribution in [0, 0.1) is 0 Å². The van der Waals surface area contributed by atoms with Crippen molar-refractivity contribution in [3.63, 3.8) is 0 Å². The molecule has 0 aliphatic carbocycles. The third-order valence-corrected chi connectivity index (χ3v) is 4.98. The number of ether oxygens (including phenoxy) is 1. The van der Waals surface area contributed by atoms with Crippen molar-refractivity contribution in [2.45, 2.75) is 26.3 Å². The number of thiazole rings is 1. The molecule has 6 nitrogen and oxygen atoms in total. The largest absolute Gasteiger partial charge is 0.497 e. The quantitative estimate of drug-likeness (QED) is 0.907. The summed E-state index contributed by atoms with van der Waals surface area (Å²) < 4.78 is 6.39. The van der Waals surface area contributed by atoms with E-state index in [9.17, 15) is 4.79 Å². The highest BCUT2D eigenvalue weighted by atomic mass is 32.1. The van der Waals surface area contributed by atoms with Gasteiger partial charge in [0, 0.05) is 31.7 Å². The standard InChI is InChI=1S/C17H24N4O2S/c1-17(2,3)19-15(22)20-7-9-21(10-8-20)16-18-13-6-5-12(23-4)11-14(13)24-16/h5-6,11H,7-10H2,1-4H3,(H,19,22). The molecule has 1 fully saturated rings. The molecule has 2 amide bonds. The zero-order valence-corrected chi connectivity index (χ0v) is 15.4. The van der Waals surface area contributed by atoms with E-state index in [0.717, 1.165) is 34.2 Å². The molecule has 2 aromatic rings. The Balaban J connectivity index is 1.65. The predicted molar refractivity (Wildman–Crippen MR) is 98.2 cm³/mol. The number of piperazine rings is 1.